The van der Waals surface area contributed by atoms with Crippen molar-refractivity contribution in [3.63, 3.8) is 0 Å². The van der Waals surface area contributed by atoms with E-state index < -0.39 is 0 Å². The summed E-state index contributed by atoms with van der Waals surface area (Å²) in [7, 11) is 0. The fraction of sp³-hybridized carbons (Fsp3) is 0.562. The first-order valence-corrected chi connectivity index (χ1v) is 7.57. The number of rotatable bonds is 5. The molecular weight excluding hydrogens is 266 g/mol. The second-order valence-corrected chi connectivity index (χ2v) is 5.88. The van der Waals surface area contributed by atoms with E-state index >= 15 is 0 Å². The van der Waals surface area contributed by atoms with Crippen LogP contribution in [0.15, 0.2) is 18.2 Å². The van der Waals surface area contributed by atoms with Crippen LogP contribution in [0.3, 0.4) is 0 Å². The van der Waals surface area contributed by atoms with Crippen LogP contribution in [-0.2, 0) is 4.79 Å². The Kier molecular flexibility index (Phi) is 5.59. The first kappa shape index (κ1) is 15.8. The Morgan fingerprint density at radius 1 is 1.52 bits per heavy atom. The molecule has 0 bridgehead atoms. The molecule has 21 heavy (non-hydrogen) atoms. The lowest BCUT2D eigenvalue weighted by Gasteiger charge is -2.31. The second-order valence-electron chi connectivity index (χ2n) is 5.88. The highest BCUT2D eigenvalue weighted by Crippen LogP contribution is 2.20. The summed E-state index contributed by atoms with van der Waals surface area (Å²) in [5.41, 5.74) is 8.19. The largest absolute Gasteiger partial charge is 0.399 e. The number of aliphatic hydroxyl groups excluding tert-OH is 1. The van der Waals surface area contributed by atoms with Gasteiger partial charge in [-0.2, -0.15) is 0 Å². The summed E-state index contributed by atoms with van der Waals surface area (Å²) in [6, 6.07) is 5.52. The SMILES string of the molecule is Cc1ccc(N)cc1NC(=O)CN1CCCC(CCO)C1. The van der Waals surface area contributed by atoms with Crippen LogP contribution >= 0.6 is 0 Å². The predicted molar refractivity (Wildman–Crippen MR) is 85.1 cm³/mol. The van der Waals surface area contributed by atoms with Crippen molar-refractivity contribution in [3.05, 3.63) is 23.8 Å². The summed E-state index contributed by atoms with van der Waals surface area (Å²) < 4.78 is 0. The third-order valence-corrected chi connectivity index (χ3v) is 4.04. The summed E-state index contributed by atoms with van der Waals surface area (Å²) in [5, 5.41) is 12.0. The number of nitrogen functional groups attached to an aromatic ring is 1. The Morgan fingerprint density at radius 2 is 2.33 bits per heavy atom. The molecule has 1 aliphatic heterocycles. The van der Waals surface area contributed by atoms with Crippen LogP contribution in [0.4, 0.5) is 11.4 Å². The number of nitrogens with one attached hydrogen (secondary N) is 1. The van der Waals surface area contributed by atoms with Crippen LogP contribution in [0.1, 0.15) is 24.8 Å². The molecule has 0 spiro atoms. The van der Waals surface area contributed by atoms with E-state index in [2.05, 4.69) is 10.2 Å². The van der Waals surface area contributed by atoms with Crippen molar-refractivity contribution < 1.29 is 9.90 Å². The highest BCUT2D eigenvalue weighted by Gasteiger charge is 2.21. The van der Waals surface area contributed by atoms with Gasteiger partial charge in [0.25, 0.3) is 0 Å². The van der Waals surface area contributed by atoms with Crippen molar-refractivity contribution >= 4 is 17.3 Å². The maximum Gasteiger partial charge on any atom is 0.238 e. The predicted octanol–water partition coefficient (Wildman–Crippen LogP) is 1.61. The smallest absolute Gasteiger partial charge is 0.238 e. The molecule has 1 unspecified atom stereocenters. The maximum atomic E-state index is 12.2. The number of likely N-dealkylation sites (tertiary alicyclic amines) is 1. The van der Waals surface area contributed by atoms with Gasteiger partial charge in [0.1, 0.15) is 0 Å². The molecule has 4 N–H and O–H groups in total. The van der Waals surface area contributed by atoms with Gasteiger partial charge in [0.15, 0.2) is 0 Å². The van der Waals surface area contributed by atoms with E-state index in [4.69, 9.17) is 10.8 Å². The first-order valence-electron chi connectivity index (χ1n) is 7.57. The minimum absolute atomic E-state index is 0.00616. The Balaban J connectivity index is 1.88. The fourth-order valence-electron chi connectivity index (χ4n) is 2.88. The molecule has 1 aliphatic rings. The average Bonchev–Trinajstić information content (AvgIpc) is 2.43. The zero-order valence-electron chi connectivity index (χ0n) is 12.6. The molecule has 5 nitrogen and oxygen atoms in total. The van der Waals surface area contributed by atoms with E-state index in [-0.39, 0.29) is 12.5 Å². The maximum absolute atomic E-state index is 12.2. The molecule has 1 heterocycles. The van der Waals surface area contributed by atoms with Crippen molar-refractivity contribution in [2.45, 2.75) is 26.2 Å². The van der Waals surface area contributed by atoms with Gasteiger partial charge in [-0.25, -0.2) is 0 Å². The van der Waals surface area contributed by atoms with Gasteiger partial charge in [-0.1, -0.05) is 6.07 Å². The number of nitrogens with two attached hydrogens (primary N) is 1. The molecule has 1 saturated heterocycles. The van der Waals surface area contributed by atoms with Crippen molar-refractivity contribution in [1.29, 1.82) is 0 Å². The minimum atomic E-state index is -0.00616. The number of carbonyl (C=O) groups is 1. The Labute approximate surface area is 126 Å². The molecule has 0 saturated carbocycles. The van der Waals surface area contributed by atoms with Crippen LogP contribution in [0.2, 0.25) is 0 Å². The van der Waals surface area contributed by atoms with E-state index in [1.807, 2.05) is 19.1 Å². The van der Waals surface area contributed by atoms with Crippen LogP contribution in [0, 0.1) is 12.8 Å². The van der Waals surface area contributed by atoms with Gasteiger partial charge in [0, 0.05) is 24.5 Å². The second kappa shape index (κ2) is 7.43. The van der Waals surface area contributed by atoms with Gasteiger partial charge in [-0.3, -0.25) is 9.69 Å². The van der Waals surface area contributed by atoms with E-state index in [9.17, 15) is 4.79 Å². The molecule has 2 rings (SSSR count). The van der Waals surface area contributed by atoms with Crippen molar-refractivity contribution in [2.24, 2.45) is 5.92 Å². The number of piperidine rings is 1. The molecule has 5 heteroatoms. The van der Waals surface area contributed by atoms with Gasteiger partial charge in [0.05, 0.1) is 6.54 Å². The number of hydrogen-bond donors (Lipinski definition) is 3. The summed E-state index contributed by atoms with van der Waals surface area (Å²) in [5.74, 6) is 0.499. The fourth-order valence-corrected chi connectivity index (χ4v) is 2.88. The molecule has 0 aromatic heterocycles. The third kappa shape index (κ3) is 4.72. The molecule has 116 valence electrons. The zero-order valence-corrected chi connectivity index (χ0v) is 12.6. The third-order valence-electron chi connectivity index (χ3n) is 4.04. The minimum Gasteiger partial charge on any atom is -0.399 e. The lowest BCUT2D eigenvalue weighted by atomic mass is 9.95. The van der Waals surface area contributed by atoms with E-state index in [1.54, 1.807) is 6.07 Å². The molecule has 1 atom stereocenters. The molecule has 1 aromatic carbocycles. The lowest BCUT2D eigenvalue weighted by Crippen LogP contribution is -2.40. The molecule has 0 aliphatic carbocycles. The van der Waals surface area contributed by atoms with Gasteiger partial charge < -0.3 is 16.2 Å². The van der Waals surface area contributed by atoms with Gasteiger partial charge in [-0.05, 0) is 56.3 Å². The molecule has 1 aromatic rings. The first-order chi connectivity index (χ1) is 10.1. The summed E-state index contributed by atoms with van der Waals surface area (Å²) in [4.78, 5) is 14.3. The summed E-state index contributed by atoms with van der Waals surface area (Å²) >= 11 is 0. The van der Waals surface area contributed by atoms with E-state index in [1.165, 1.54) is 0 Å². The number of anilines is 2. The van der Waals surface area contributed by atoms with Crippen molar-refractivity contribution in [3.8, 4) is 0 Å². The molecule has 1 fully saturated rings. The van der Waals surface area contributed by atoms with Gasteiger partial charge >= 0.3 is 0 Å². The van der Waals surface area contributed by atoms with Crippen LogP contribution in [-0.4, -0.2) is 42.2 Å². The number of carbonyl (C=O) groups excluding carboxylic acids is 1. The van der Waals surface area contributed by atoms with Crippen LogP contribution < -0.4 is 11.1 Å². The quantitative estimate of drug-likeness (QED) is 0.720. The normalized spacial score (nSPS) is 19.4. The van der Waals surface area contributed by atoms with Crippen molar-refractivity contribution in [1.82, 2.24) is 4.90 Å². The summed E-state index contributed by atoms with van der Waals surface area (Å²) in [6.07, 6.45) is 3.06. The average molecular weight is 291 g/mol. The Morgan fingerprint density at radius 3 is 3.10 bits per heavy atom. The number of hydrogen-bond acceptors (Lipinski definition) is 4. The molecular formula is C16H25N3O2. The topological polar surface area (TPSA) is 78.6 Å². The summed E-state index contributed by atoms with van der Waals surface area (Å²) in [6.45, 7) is 4.42. The lowest BCUT2D eigenvalue weighted by molar-refractivity contribution is -0.117. The highest BCUT2D eigenvalue weighted by atomic mass is 16.3. The van der Waals surface area contributed by atoms with Crippen molar-refractivity contribution in [2.75, 3.05) is 37.3 Å². The Hall–Kier alpha value is -1.59. The number of aryl methyl sites for hydroxylation is 1. The zero-order chi connectivity index (χ0) is 15.2. The van der Waals surface area contributed by atoms with Crippen LogP contribution in [0.5, 0.6) is 0 Å². The van der Waals surface area contributed by atoms with Gasteiger partial charge in [0.2, 0.25) is 5.91 Å². The highest BCUT2D eigenvalue weighted by molar-refractivity contribution is 5.93. The number of amides is 1. The van der Waals surface area contributed by atoms with Crippen LogP contribution in [0.25, 0.3) is 0 Å². The van der Waals surface area contributed by atoms with E-state index in [0.717, 1.165) is 43.6 Å². The van der Waals surface area contributed by atoms with E-state index in [0.29, 0.717) is 18.2 Å². The number of aliphatic hydroxyl groups is 1. The molecule has 1 amide bonds. The number of nitrogens with zero attached hydrogens (tertiary/aromatic N) is 1. The van der Waals surface area contributed by atoms with Gasteiger partial charge in [-0.15, -0.1) is 0 Å². The Bertz CT molecular complexity index is 488. The standard InChI is InChI=1S/C16H25N3O2/c1-12-4-5-14(17)9-15(12)18-16(21)11-19-7-2-3-13(10-19)6-8-20/h4-5,9,13,20H,2-3,6-8,10-11,17H2,1H3,(H,18,21). The number of benzene rings is 1. The molecule has 0 radical (unpaired) electrons. The monoisotopic (exact) mass is 291 g/mol.